The second-order valence-electron chi connectivity index (χ2n) is 4.03. The lowest BCUT2D eigenvalue weighted by Crippen LogP contribution is -2.41. The minimum Gasteiger partial charge on any atom is -0.452 e. The molecule has 0 aliphatic heterocycles. The molecule has 0 aromatic heterocycles. The third-order valence-corrected chi connectivity index (χ3v) is 2.38. The van der Waals surface area contributed by atoms with Crippen LogP contribution < -0.4 is 10.6 Å². The maximum Gasteiger partial charge on any atom is 0.417 e. The predicted molar refractivity (Wildman–Crippen MR) is 68.9 cm³/mol. The second kappa shape index (κ2) is 7.43. The molecule has 0 unspecified atom stereocenters. The molecule has 3 amide bonds. The van der Waals surface area contributed by atoms with Gasteiger partial charge < -0.3 is 10.1 Å². The number of imide groups is 1. The van der Waals surface area contributed by atoms with E-state index in [4.69, 9.17) is 0 Å². The van der Waals surface area contributed by atoms with Crippen LogP contribution in [-0.2, 0) is 15.7 Å². The lowest BCUT2D eigenvalue weighted by Gasteiger charge is -2.12. The van der Waals surface area contributed by atoms with Crippen molar-refractivity contribution in [3.8, 4) is 0 Å². The molecule has 0 heterocycles. The quantitative estimate of drug-likeness (QED) is 0.828. The molecule has 0 aliphatic rings. The highest BCUT2D eigenvalue weighted by molar-refractivity contribution is 5.97. The Morgan fingerprint density at radius 2 is 1.82 bits per heavy atom. The highest BCUT2D eigenvalue weighted by atomic mass is 19.4. The van der Waals surface area contributed by atoms with Crippen molar-refractivity contribution < 1.29 is 32.3 Å². The number of carbonyl (C=O) groups excluding carboxylic acids is 3. The Labute approximate surface area is 123 Å². The number of esters is 1. The number of carbonyl (C=O) groups is 3. The smallest absolute Gasteiger partial charge is 0.417 e. The lowest BCUT2D eigenvalue weighted by molar-refractivity contribution is -0.138. The number of halogens is 3. The Morgan fingerprint density at radius 1 is 1.18 bits per heavy atom. The highest BCUT2D eigenvalue weighted by Crippen LogP contribution is 2.32. The molecule has 0 saturated carbocycles. The summed E-state index contributed by atoms with van der Waals surface area (Å²) in [5.41, 5.74) is -1.87. The molecule has 0 fully saturated rings. The number of alkyl halides is 3. The molecule has 0 saturated heterocycles. The van der Waals surface area contributed by atoms with Gasteiger partial charge in [-0.05, 0) is 19.1 Å². The summed E-state index contributed by atoms with van der Waals surface area (Å²) in [6, 6.07) is 3.24. The number of nitrogens with one attached hydrogen (secondary N) is 2. The molecule has 0 radical (unpaired) electrons. The summed E-state index contributed by atoms with van der Waals surface area (Å²) in [6.45, 7) is 1.03. The molecule has 1 aromatic rings. The third kappa shape index (κ3) is 5.08. The van der Waals surface area contributed by atoms with Gasteiger partial charge in [-0.15, -0.1) is 0 Å². The number of hydrogen-bond donors (Lipinski definition) is 2. The van der Waals surface area contributed by atoms with E-state index in [2.05, 4.69) is 10.1 Å². The largest absolute Gasteiger partial charge is 0.452 e. The number of benzene rings is 1. The zero-order valence-corrected chi connectivity index (χ0v) is 11.5. The molecule has 1 rings (SSSR count). The van der Waals surface area contributed by atoms with Crippen molar-refractivity contribution in [3.05, 3.63) is 35.4 Å². The fourth-order valence-electron chi connectivity index (χ4n) is 1.48. The minimum absolute atomic E-state index is 0.276. The van der Waals surface area contributed by atoms with Crippen LogP contribution in [0, 0.1) is 0 Å². The van der Waals surface area contributed by atoms with Crippen molar-refractivity contribution in [1.29, 1.82) is 0 Å². The van der Waals surface area contributed by atoms with E-state index < -0.39 is 41.8 Å². The first-order valence-electron chi connectivity index (χ1n) is 6.16. The number of rotatable bonds is 4. The summed E-state index contributed by atoms with van der Waals surface area (Å²) >= 11 is 0. The monoisotopic (exact) mass is 318 g/mol. The van der Waals surface area contributed by atoms with Crippen molar-refractivity contribution in [2.75, 3.05) is 13.2 Å². The van der Waals surface area contributed by atoms with E-state index in [1.807, 2.05) is 5.32 Å². The van der Waals surface area contributed by atoms with Gasteiger partial charge in [0.1, 0.15) is 0 Å². The van der Waals surface area contributed by atoms with Crippen molar-refractivity contribution in [1.82, 2.24) is 10.6 Å². The molecule has 9 heteroatoms. The normalized spacial score (nSPS) is 10.7. The fourth-order valence-corrected chi connectivity index (χ4v) is 1.48. The SMILES string of the molecule is CCNC(=O)NC(=O)COC(=O)c1ccccc1C(F)(F)F. The Kier molecular flexibility index (Phi) is 5.90. The van der Waals surface area contributed by atoms with Crippen LogP contribution >= 0.6 is 0 Å². The van der Waals surface area contributed by atoms with E-state index in [0.29, 0.717) is 0 Å². The van der Waals surface area contributed by atoms with Crippen LogP contribution in [0.3, 0.4) is 0 Å². The molecule has 0 spiro atoms. The van der Waals surface area contributed by atoms with Gasteiger partial charge in [-0.1, -0.05) is 12.1 Å². The number of amides is 3. The van der Waals surface area contributed by atoms with E-state index in [-0.39, 0.29) is 6.54 Å². The molecular weight excluding hydrogens is 305 g/mol. The summed E-state index contributed by atoms with van der Waals surface area (Å²) in [7, 11) is 0. The van der Waals surface area contributed by atoms with Crippen LogP contribution in [-0.4, -0.2) is 31.1 Å². The molecule has 120 valence electrons. The second-order valence-corrected chi connectivity index (χ2v) is 4.03. The van der Waals surface area contributed by atoms with E-state index in [1.54, 1.807) is 6.92 Å². The summed E-state index contributed by atoms with van der Waals surface area (Å²) < 4.78 is 42.6. The summed E-state index contributed by atoms with van der Waals surface area (Å²) in [5, 5.41) is 4.11. The van der Waals surface area contributed by atoms with Gasteiger partial charge in [0.05, 0.1) is 11.1 Å². The maximum absolute atomic E-state index is 12.7. The van der Waals surface area contributed by atoms with E-state index >= 15 is 0 Å². The van der Waals surface area contributed by atoms with E-state index in [1.165, 1.54) is 6.07 Å². The van der Waals surface area contributed by atoms with Crippen molar-refractivity contribution >= 4 is 17.9 Å². The minimum atomic E-state index is -4.72. The van der Waals surface area contributed by atoms with Gasteiger partial charge >= 0.3 is 18.2 Å². The van der Waals surface area contributed by atoms with Gasteiger partial charge in [0.2, 0.25) is 0 Å². The molecule has 1 aromatic carbocycles. The zero-order valence-electron chi connectivity index (χ0n) is 11.5. The van der Waals surface area contributed by atoms with Crippen LogP contribution in [0.15, 0.2) is 24.3 Å². The van der Waals surface area contributed by atoms with Crippen molar-refractivity contribution in [2.24, 2.45) is 0 Å². The molecule has 22 heavy (non-hydrogen) atoms. The van der Waals surface area contributed by atoms with Crippen molar-refractivity contribution in [2.45, 2.75) is 13.1 Å². The Hall–Kier alpha value is -2.58. The number of hydrogen-bond acceptors (Lipinski definition) is 4. The standard InChI is InChI=1S/C13H13F3N2O4/c1-2-17-12(21)18-10(19)7-22-11(20)8-5-3-4-6-9(8)13(14,15)16/h3-6H,2,7H2,1H3,(H2,17,18,19,21). The lowest BCUT2D eigenvalue weighted by atomic mass is 10.1. The van der Waals surface area contributed by atoms with Crippen LogP contribution in [0.25, 0.3) is 0 Å². The molecular formula is C13H13F3N2O4. The van der Waals surface area contributed by atoms with Gasteiger partial charge in [-0.25, -0.2) is 9.59 Å². The van der Waals surface area contributed by atoms with Gasteiger partial charge in [0.15, 0.2) is 6.61 Å². The van der Waals surface area contributed by atoms with Crippen LogP contribution in [0.2, 0.25) is 0 Å². The number of ether oxygens (including phenoxy) is 1. The Balaban J connectivity index is 2.67. The van der Waals surface area contributed by atoms with E-state index in [0.717, 1.165) is 18.2 Å². The fraction of sp³-hybridized carbons (Fsp3) is 0.308. The Bertz CT molecular complexity index is 573. The molecule has 2 N–H and O–H groups in total. The van der Waals surface area contributed by atoms with Crippen LogP contribution in [0.4, 0.5) is 18.0 Å². The summed E-state index contributed by atoms with van der Waals surface area (Å²) in [4.78, 5) is 33.9. The first-order chi connectivity index (χ1) is 10.3. The Morgan fingerprint density at radius 3 is 2.41 bits per heavy atom. The first-order valence-corrected chi connectivity index (χ1v) is 6.16. The topological polar surface area (TPSA) is 84.5 Å². The van der Waals surface area contributed by atoms with E-state index in [9.17, 15) is 27.6 Å². The summed E-state index contributed by atoms with van der Waals surface area (Å²) in [5.74, 6) is -2.26. The van der Waals surface area contributed by atoms with Gasteiger partial charge in [0, 0.05) is 6.54 Å². The molecule has 0 aliphatic carbocycles. The van der Waals surface area contributed by atoms with Gasteiger partial charge in [-0.2, -0.15) is 13.2 Å². The first kappa shape index (κ1) is 17.5. The predicted octanol–water partition coefficient (Wildman–Crippen LogP) is 1.71. The highest BCUT2D eigenvalue weighted by Gasteiger charge is 2.35. The van der Waals surface area contributed by atoms with Crippen molar-refractivity contribution in [3.63, 3.8) is 0 Å². The zero-order chi connectivity index (χ0) is 16.8. The average molecular weight is 318 g/mol. The molecule has 6 nitrogen and oxygen atoms in total. The van der Waals surface area contributed by atoms with Gasteiger partial charge in [0.25, 0.3) is 5.91 Å². The third-order valence-electron chi connectivity index (χ3n) is 2.38. The molecule has 0 bridgehead atoms. The van der Waals surface area contributed by atoms with Crippen LogP contribution in [0.5, 0.6) is 0 Å². The number of urea groups is 1. The maximum atomic E-state index is 12.7. The molecule has 0 atom stereocenters. The average Bonchev–Trinajstić information content (AvgIpc) is 2.44. The van der Waals surface area contributed by atoms with Gasteiger partial charge in [-0.3, -0.25) is 10.1 Å². The van der Waals surface area contributed by atoms with Crippen LogP contribution in [0.1, 0.15) is 22.8 Å². The summed E-state index contributed by atoms with van der Waals surface area (Å²) in [6.07, 6.45) is -4.72.